The van der Waals surface area contributed by atoms with Crippen molar-refractivity contribution in [3.8, 4) is 5.75 Å². The Morgan fingerprint density at radius 3 is 2.44 bits per heavy atom. The van der Waals surface area contributed by atoms with Crippen LogP contribution in [0.2, 0.25) is 0 Å². The molecule has 2 heterocycles. The molecule has 1 atom stereocenters. The smallest absolute Gasteiger partial charge is 0.343 e. The maximum absolute atomic E-state index is 14.7. The molecule has 1 aliphatic heterocycles. The van der Waals surface area contributed by atoms with Crippen molar-refractivity contribution < 1.29 is 18.3 Å². The zero-order chi connectivity index (χ0) is 18.7. The zero-order valence-corrected chi connectivity index (χ0v) is 14.3. The molecular weight excluding hydrogens is 347 g/mol. The summed E-state index contributed by atoms with van der Waals surface area (Å²) in [5.41, 5.74) is 1.16. The average molecular weight is 360 g/mol. The summed E-state index contributed by atoms with van der Waals surface area (Å²) >= 11 is 0. The fourth-order valence-corrected chi connectivity index (χ4v) is 3.86. The van der Waals surface area contributed by atoms with E-state index < -0.39 is 17.4 Å². The topological polar surface area (TPSA) is 56.5 Å². The molecule has 132 valence electrons. The van der Waals surface area contributed by atoms with Crippen LogP contribution in [0.4, 0.5) is 4.39 Å². The van der Waals surface area contributed by atoms with Gasteiger partial charge in [0.1, 0.15) is 23.1 Å². The molecule has 5 heteroatoms. The second-order valence-corrected chi connectivity index (χ2v) is 6.60. The first-order valence-electron chi connectivity index (χ1n) is 8.51. The maximum atomic E-state index is 14.7. The number of ketones is 1. The third-order valence-electron chi connectivity index (χ3n) is 4.98. The van der Waals surface area contributed by atoms with Gasteiger partial charge in [-0.15, -0.1) is 0 Å². The Hall–Kier alpha value is -3.47. The first-order chi connectivity index (χ1) is 13.1. The zero-order valence-electron chi connectivity index (χ0n) is 14.3. The highest BCUT2D eigenvalue weighted by Crippen LogP contribution is 2.49. The fraction of sp³-hybridized carbons (Fsp3) is 0.0909. The normalized spacial score (nSPS) is 17.3. The first-order valence-corrected chi connectivity index (χ1v) is 8.51. The Balaban J connectivity index is 1.86. The number of fused-ring (bicyclic) bond motifs is 3. The van der Waals surface area contributed by atoms with Crippen LogP contribution in [0.15, 0.2) is 69.4 Å². The van der Waals surface area contributed by atoms with E-state index in [2.05, 4.69) is 0 Å². The molecule has 2 aliphatic rings. The predicted molar refractivity (Wildman–Crippen MR) is 96.3 cm³/mol. The van der Waals surface area contributed by atoms with Crippen LogP contribution in [0.3, 0.4) is 0 Å². The van der Waals surface area contributed by atoms with Crippen LogP contribution in [0.1, 0.15) is 38.7 Å². The van der Waals surface area contributed by atoms with Gasteiger partial charge >= 0.3 is 5.63 Å². The number of Topliss-reactive ketones (excluding diaryl/α,β-unsaturated/α-hetero) is 1. The second kappa shape index (κ2) is 5.51. The number of ether oxygens (including phenoxy) is 1. The van der Waals surface area contributed by atoms with Crippen LogP contribution in [-0.4, -0.2) is 5.78 Å². The van der Waals surface area contributed by atoms with E-state index >= 15 is 0 Å². The van der Waals surface area contributed by atoms with Gasteiger partial charge in [0.25, 0.3) is 0 Å². The molecule has 3 aromatic rings. The molecule has 0 fully saturated rings. The van der Waals surface area contributed by atoms with Gasteiger partial charge in [0.15, 0.2) is 5.78 Å². The van der Waals surface area contributed by atoms with Gasteiger partial charge in [-0.2, -0.15) is 0 Å². The SMILES string of the molecule is Cc1cc2c(c(=O)o1)C(c1ccccc1F)C1=C(O2)c2ccccc2C1=O. The Morgan fingerprint density at radius 1 is 0.963 bits per heavy atom. The quantitative estimate of drug-likeness (QED) is 0.652. The number of carbonyl (C=O) groups excluding carboxylic acids is 1. The average Bonchev–Trinajstić information content (AvgIpc) is 2.93. The van der Waals surface area contributed by atoms with Crippen molar-refractivity contribution in [2.75, 3.05) is 0 Å². The van der Waals surface area contributed by atoms with Gasteiger partial charge in [-0.3, -0.25) is 4.79 Å². The molecule has 0 bridgehead atoms. The number of hydrogen-bond donors (Lipinski definition) is 0. The lowest BCUT2D eigenvalue weighted by atomic mass is 9.82. The van der Waals surface area contributed by atoms with Crippen LogP contribution in [-0.2, 0) is 0 Å². The molecule has 0 amide bonds. The summed E-state index contributed by atoms with van der Waals surface area (Å²) in [7, 11) is 0. The van der Waals surface area contributed by atoms with Gasteiger partial charge in [-0.25, -0.2) is 9.18 Å². The van der Waals surface area contributed by atoms with Gasteiger partial charge in [0.2, 0.25) is 0 Å². The molecule has 0 spiro atoms. The predicted octanol–water partition coefficient (Wildman–Crippen LogP) is 4.22. The highest BCUT2D eigenvalue weighted by atomic mass is 19.1. The van der Waals surface area contributed by atoms with Crippen molar-refractivity contribution in [2.45, 2.75) is 12.8 Å². The third kappa shape index (κ3) is 2.15. The molecule has 0 radical (unpaired) electrons. The standard InChI is InChI=1S/C22H13FO4/c1-11-10-16-18(22(25)26-11)17(14-8-4-5-9-15(14)23)19-20(24)12-6-2-3-7-13(12)21(19)27-16/h2-10,17H,1H3. The van der Waals surface area contributed by atoms with Gasteiger partial charge in [-0.05, 0) is 13.0 Å². The van der Waals surface area contributed by atoms with Crippen molar-refractivity contribution in [1.82, 2.24) is 0 Å². The lowest BCUT2D eigenvalue weighted by Gasteiger charge is -2.26. The van der Waals surface area contributed by atoms with Crippen LogP contribution >= 0.6 is 0 Å². The van der Waals surface area contributed by atoms with Gasteiger partial charge in [-0.1, -0.05) is 42.5 Å². The fourth-order valence-electron chi connectivity index (χ4n) is 3.86. The molecule has 27 heavy (non-hydrogen) atoms. The van der Waals surface area contributed by atoms with E-state index in [0.717, 1.165) is 0 Å². The summed E-state index contributed by atoms with van der Waals surface area (Å²) in [6, 6.07) is 14.8. The number of hydrogen-bond acceptors (Lipinski definition) is 4. The molecule has 2 aromatic carbocycles. The highest BCUT2D eigenvalue weighted by Gasteiger charge is 2.44. The van der Waals surface area contributed by atoms with Gasteiger partial charge in [0, 0.05) is 22.8 Å². The van der Waals surface area contributed by atoms with Crippen molar-refractivity contribution in [3.63, 3.8) is 0 Å². The summed E-state index contributed by atoms with van der Waals surface area (Å²) in [6.45, 7) is 1.64. The number of halogens is 1. The van der Waals surface area contributed by atoms with E-state index in [1.165, 1.54) is 6.07 Å². The number of aryl methyl sites for hydroxylation is 1. The first kappa shape index (κ1) is 15.8. The monoisotopic (exact) mass is 360 g/mol. The van der Waals surface area contributed by atoms with Crippen LogP contribution in [0.25, 0.3) is 5.76 Å². The van der Waals surface area contributed by atoms with Crippen molar-refractivity contribution in [1.29, 1.82) is 0 Å². The van der Waals surface area contributed by atoms with Crippen molar-refractivity contribution in [2.24, 2.45) is 0 Å². The molecule has 0 saturated carbocycles. The van der Waals surface area contributed by atoms with E-state index in [0.29, 0.717) is 28.4 Å². The lowest BCUT2D eigenvalue weighted by molar-refractivity contribution is 0.103. The van der Waals surface area contributed by atoms with Gasteiger partial charge < -0.3 is 9.15 Å². The Bertz CT molecular complexity index is 1220. The van der Waals surface area contributed by atoms with E-state index in [4.69, 9.17) is 9.15 Å². The minimum absolute atomic E-state index is 0.144. The third-order valence-corrected chi connectivity index (χ3v) is 4.98. The maximum Gasteiger partial charge on any atom is 0.343 e. The Morgan fingerprint density at radius 2 is 1.67 bits per heavy atom. The summed E-state index contributed by atoms with van der Waals surface area (Å²) < 4.78 is 25.9. The summed E-state index contributed by atoms with van der Waals surface area (Å²) in [4.78, 5) is 25.8. The van der Waals surface area contributed by atoms with Crippen LogP contribution < -0.4 is 10.4 Å². The summed E-state index contributed by atoms with van der Waals surface area (Å²) in [6.07, 6.45) is 0. The Kier molecular flexibility index (Phi) is 3.22. The number of benzene rings is 2. The molecule has 1 aliphatic carbocycles. The van der Waals surface area contributed by atoms with Crippen LogP contribution in [0.5, 0.6) is 5.75 Å². The van der Waals surface area contributed by atoms with Crippen molar-refractivity contribution in [3.05, 3.63) is 104 Å². The molecular formula is C22H13FO4. The van der Waals surface area contributed by atoms with E-state index in [1.54, 1.807) is 49.4 Å². The molecule has 0 saturated heterocycles. The lowest BCUT2D eigenvalue weighted by Crippen LogP contribution is -2.24. The van der Waals surface area contributed by atoms with Crippen molar-refractivity contribution >= 4 is 11.5 Å². The van der Waals surface area contributed by atoms with E-state index in [9.17, 15) is 14.0 Å². The Labute approximate surface area is 153 Å². The molecule has 1 unspecified atom stereocenters. The van der Waals surface area contributed by atoms with E-state index in [-0.39, 0.29) is 22.5 Å². The summed E-state index contributed by atoms with van der Waals surface area (Å²) in [5, 5.41) is 0. The highest BCUT2D eigenvalue weighted by molar-refractivity contribution is 6.21. The largest absolute Gasteiger partial charge is 0.456 e. The van der Waals surface area contributed by atoms with Crippen LogP contribution in [0, 0.1) is 12.7 Å². The van der Waals surface area contributed by atoms with Gasteiger partial charge in [0.05, 0.1) is 17.1 Å². The molecule has 0 N–H and O–H groups in total. The molecule has 1 aromatic heterocycles. The minimum atomic E-state index is -0.887. The molecule has 5 rings (SSSR count). The minimum Gasteiger partial charge on any atom is -0.456 e. The number of allylic oxidation sites excluding steroid dienone is 1. The van der Waals surface area contributed by atoms with E-state index in [1.807, 2.05) is 6.07 Å². The molecule has 4 nitrogen and oxygen atoms in total. The number of rotatable bonds is 1. The second-order valence-electron chi connectivity index (χ2n) is 6.60. The number of carbonyl (C=O) groups is 1. The summed E-state index contributed by atoms with van der Waals surface area (Å²) in [5.74, 6) is -0.596.